The molecule has 3 fully saturated rings. The number of carbonyl (C=O) groups is 4. The number of nitrogens with zero attached hydrogens (tertiary/aromatic N) is 4. The van der Waals surface area contributed by atoms with Crippen LogP contribution in [0.4, 0.5) is 9.59 Å². The molecule has 7 rings (SSSR count). The molecule has 4 aromatic rings. The van der Waals surface area contributed by atoms with E-state index in [0.29, 0.717) is 25.9 Å². The van der Waals surface area contributed by atoms with Gasteiger partial charge >= 0.3 is 12.2 Å². The van der Waals surface area contributed by atoms with Crippen molar-refractivity contribution in [2.75, 3.05) is 27.3 Å². The number of aromatic nitrogens is 4. The number of benzene rings is 2. The van der Waals surface area contributed by atoms with Crippen molar-refractivity contribution in [1.29, 1.82) is 0 Å². The Morgan fingerprint density at radius 3 is 1.68 bits per heavy atom. The average molecular weight is 765 g/mol. The SMILES string of the molecule is COC(=O)N[C@H](C(=O)N1CCC[C@H]1c1nc(-c2ccc(-c3ccc(-c4c[nH]c([C@@H]5CCCN5C(=O)C5(NC(=O)OC)CCCCC5)n4)cc3)cc2)c[nH]1)C(C)C. The topological polar surface area (TPSA) is 175 Å². The van der Waals surface area contributed by atoms with Gasteiger partial charge in [-0.1, -0.05) is 81.6 Å². The van der Waals surface area contributed by atoms with Crippen LogP contribution in [-0.2, 0) is 19.1 Å². The zero-order chi connectivity index (χ0) is 39.4. The van der Waals surface area contributed by atoms with Gasteiger partial charge in [-0.2, -0.15) is 0 Å². The number of methoxy groups -OCH3 is 2. The molecule has 3 atom stereocenters. The number of H-pyrrole nitrogens is 2. The predicted molar refractivity (Wildman–Crippen MR) is 210 cm³/mol. The maximum absolute atomic E-state index is 14.1. The van der Waals surface area contributed by atoms with Gasteiger partial charge in [0.25, 0.3) is 0 Å². The maximum atomic E-state index is 14.1. The Bertz CT molecular complexity index is 2020. The minimum Gasteiger partial charge on any atom is -0.453 e. The standard InChI is InChI=1S/C42H52N8O6/c1-26(2)35(47-40(53)55-3)38(51)49-22-8-10-33(49)36-43-24-31(45-36)29-16-12-27(13-17-29)28-14-18-30(19-15-28)32-25-44-37(46-32)34-11-9-23-50(34)39(52)42(48-41(54)56-4)20-6-5-7-21-42/h12-19,24-26,33-35H,5-11,20-23H2,1-4H3,(H,43,45)(H,44,46)(H,47,53)(H,48,54)/t33-,34-,35-/m0/s1. The third kappa shape index (κ3) is 7.87. The molecule has 2 aromatic carbocycles. The molecule has 1 saturated carbocycles. The van der Waals surface area contributed by atoms with Crippen LogP contribution in [0.3, 0.4) is 0 Å². The highest BCUT2D eigenvalue weighted by Gasteiger charge is 2.47. The molecule has 56 heavy (non-hydrogen) atoms. The first-order chi connectivity index (χ1) is 27.1. The van der Waals surface area contributed by atoms with Gasteiger partial charge in [0.1, 0.15) is 23.2 Å². The molecule has 2 aliphatic heterocycles. The predicted octanol–water partition coefficient (Wildman–Crippen LogP) is 6.90. The zero-order valence-corrected chi connectivity index (χ0v) is 32.6. The molecule has 0 unspecified atom stereocenters. The Morgan fingerprint density at radius 2 is 1.18 bits per heavy atom. The Hall–Kier alpha value is -5.66. The van der Waals surface area contributed by atoms with Crippen LogP contribution < -0.4 is 10.6 Å². The number of nitrogens with one attached hydrogen (secondary N) is 4. The molecule has 3 aliphatic rings. The lowest BCUT2D eigenvalue weighted by molar-refractivity contribution is -0.141. The van der Waals surface area contributed by atoms with E-state index in [4.69, 9.17) is 19.4 Å². The first-order valence-corrected chi connectivity index (χ1v) is 19.7. The quantitative estimate of drug-likeness (QED) is 0.135. The summed E-state index contributed by atoms with van der Waals surface area (Å²) in [6, 6.07) is 15.4. The summed E-state index contributed by atoms with van der Waals surface area (Å²) in [5, 5.41) is 5.60. The molecule has 14 nitrogen and oxygen atoms in total. The van der Waals surface area contributed by atoms with Gasteiger partial charge in [0.15, 0.2) is 0 Å². The van der Waals surface area contributed by atoms with Crippen LogP contribution in [0.1, 0.15) is 95.4 Å². The molecule has 14 heteroatoms. The first-order valence-electron chi connectivity index (χ1n) is 19.7. The first kappa shape index (κ1) is 38.6. The minimum atomic E-state index is -0.943. The molecule has 4 heterocycles. The molecule has 0 radical (unpaired) electrons. The van der Waals surface area contributed by atoms with E-state index in [1.807, 2.05) is 48.2 Å². The highest BCUT2D eigenvalue weighted by molar-refractivity contribution is 5.90. The normalized spacial score (nSPS) is 19.8. The molecule has 2 aromatic heterocycles. The highest BCUT2D eigenvalue weighted by atomic mass is 16.5. The number of alkyl carbamates (subject to hydrolysis) is 2. The molecule has 296 valence electrons. The van der Waals surface area contributed by atoms with Crippen molar-refractivity contribution in [3.05, 3.63) is 72.6 Å². The maximum Gasteiger partial charge on any atom is 0.407 e. The number of likely N-dealkylation sites (tertiary alicyclic amines) is 2. The summed E-state index contributed by atoms with van der Waals surface area (Å²) >= 11 is 0. The number of carbonyl (C=O) groups excluding carboxylic acids is 4. The van der Waals surface area contributed by atoms with Crippen molar-refractivity contribution in [3.63, 3.8) is 0 Å². The summed E-state index contributed by atoms with van der Waals surface area (Å²) in [6.07, 6.45) is 9.90. The summed E-state index contributed by atoms with van der Waals surface area (Å²) in [5.74, 6) is 1.18. The van der Waals surface area contributed by atoms with Gasteiger partial charge in [0, 0.05) is 36.6 Å². The van der Waals surface area contributed by atoms with Gasteiger partial charge in [-0.05, 0) is 55.6 Å². The monoisotopic (exact) mass is 764 g/mol. The smallest absolute Gasteiger partial charge is 0.407 e. The van der Waals surface area contributed by atoms with Gasteiger partial charge in [-0.3, -0.25) is 9.59 Å². The van der Waals surface area contributed by atoms with E-state index in [9.17, 15) is 19.2 Å². The lowest BCUT2D eigenvalue weighted by Crippen LogP contribution is -2.60. The van der Waals surface area contributed by atoms with Crippen LogP contribution in [0.5, 0.6) is 0 Å². The lowest BCUT2D eigenvalue weighted by atomic mass is 9.80. The molecule has 1 aliphatic carbocycles. The van der Waals surface area contributed by atoms with E-state index in [1.54, 1.807) is 0 Å². The van der Waals surface area contributed by atoms with Crippen molar-refractivity contribution < 1.29 is 28.7 Å². The summed E-state index contributed by atoms with van der Waals surface area (Å²) < 4.78 is 9.65. The largest absolute Gasteiger partial charge is 0.453 e. The van der Waals surface area contributed by atoms with Crippen LogP contribution in [-0.4, -0.2) is 92.6 Å². The summed E-state index contributed by atoms with van der Waals surface area (Å²) in [4.78, 5) is 72.0. The Labute approximate surface area is 327 Å². The average Bonchev–Trinajstić information content (AvgIpc) is 4.07. The van der Waals surface area contributed by atoms with Crippen molar-refractivity contribution in [3.8, 4) is 33.6 Å². The van der Waals surface area contributed by atoms with E-state index in [1.165, 1.54) is 14.2 Å². The minimum absolute atomic E-state index is 0.0512. The second-order valence-electron chi connectivity index (χ2n) is 15.5. The molecular formula is C42H52N8O6. The van der Waals surface area contributed by atoms with E-state index in [0.717, 1.165) is 90.2 Å². The number of ether oxygens (including phenoxy) is 2. The van der Waals surface area contributed by atoms with Crippen molar-refractivity contribution in [2.45, 2.75) is 95.3 Å². The second kappa shape index (κ2) is 16.6. The summed E-state index contributed by atoms with van der Waals surface area (Å²) in [7, 11) is 2.62. The van der Waals surface area contributed by atoms with Gasteiger partial charge in [-0.15, -0.1) is 0 Å². The van der Waals surface area contributed by atoms with E-state index in [2.05, 4.69) is 57.0 Å². The van der Waals surface area contributed by atoms with Crippen LogP contribution in [0, 0.1) is 5.92 Å². The van der Waals surface area contributed by atoms with Gasteiger partial charge < -0.3 is 39.9 Å². The fraction of sp³-hybridized carbons (Fsp3) is 0.476. The van der Waals surface area contributed by atoms with Crippen LogP contribution in [0.2, 0.25) is 0 Å². The number of aromatic amines is 2. The number of hydrogen-bond acceptors (Lipinski definition) is 8. The van der Waals surface area contributed by atoms with Crippen molar-refractivity contribution in [2.24, 2.45) is 5.92 Å². The Kier molecular flexibility index (Phi) is 11.4. The number of imidazole rings is 2. The van der Waals surface area contributed by atoms with Crippen LogP contribution in [0.15, 0.2) is 60.9 Å². The molecule has 2 saturated heterocycles. The third-order valence-electron chi connectivity index (χ3n) is 11.6. The van der Waals surface area contributed by atoms with E-state index < -0.39 is 23.8 Å². The summed E-state index contributed by atoms with van der Waals surface area (Å²) in [6.45, 7) is 5.02. The lowest BCUT2D eigenvalue weighted by Gasteiger charge is -2.40. The van der Waals surface area contributed by atoms with E-state index in [-0.39, 0.29) is 29.8 Å². The number of hydrogen-bond donors (Lipinski definition) is 4. The molecule has 4 amide bonds. The fourth-order valence-corrected chi connectivity index (χ4v) is 8.53. The fourth-order valence-electron chi connectivity index (χ4n) is 8.53. The number of rotatable bonds is 10. The van der Waals surface area contributed by atoms with Crippen LogP contribution >= 0.6 is 0 Å². The zero-order valence-electron chi connectivity index (χ0n) is 32.6. The number of amides is 4. The van der Waals surface area contributed by atoms with Crippen molar-refractivity contribution >= 4 is 24.0 Å². The van der Waals surface area contributed by atoms with Gasteiger partial charge in [0.2, 0.25) is 11.8 Å². The third-order valence-corrected chi connectivity index (χ3v) is 11.6. The van der Waals surface area contributed by atoms with E-state index >= 15 is 0 Å². The van der Waals surface area contributed by atoms with Crippen LogP contribution in [0.25, 0.3) is 33.6 Å². The van der Waals surface area contributed by atoms with Crippen molar-refractivity contribution in [1.82, 2.24) is 40.4 Å². The molecule has 0 bridgehead atoms. The van der Waals surface area contributed by atoms with Gasteiger partial charge in [-0.25, -0.2) is 19.6 Å². The molecular weight excluding hydrogens is 713 g/mol. The van der Waals surface area contributed by atoms with Gasteiger partial charge in [0.05, 0.1) is 37.7 Å². The Balaban J connectivity index is 1.01. The second-order valence-corrected chi connectivity index (χ2v) is 15.5. The molecule has 0 spiro atoms. The Morgan fingerprint density at radius 1 is 0.696 bits per heavy atom. The highest BCUT2D eigenvalue weighted by Crippen LogP contribution is 2.38. The molecule has 4 N–H and O–H groups in total. The summed E-state index contributed by atoms with van der Waals surface area (Å²) in [5.41, 5.74) is 4.68.